The van der Waals surface area contributed by atoms with Gasteiger partial charge >= 0.3 is 0 Å². The Kier molecular flexibility index (Phi) is 4.27. The van der Waals surface area contributed by atoms with E-state index in [1.807, 2.05) is 30.3 Å². The lowest BCUT2D eigenvalue weighted by Crippen LogP contribution is -2.35. The summed E-state index contributed by atoms with van der Waals surface area (Å²) >= 11 is 0. The molecule has 2 rings (SSSR count). The second-order valence-corrected chi connectivity index (χ2v) is 6.69. The van der Waals surface area contributed by atoms with Crippen LogP contribution in [0.15, 0.2) is 54.6 Å². The maximum absolute atomic E-state index is 12.3. The van der Waals surface area contributed by atoms with E-state index in [0.717, 1.165) is 18.4 Å². The van der Waals surface area contributed by atoms with Gasteiger partial charge in [0.15, 0.2) is 5.78 Å². The van der Waals surface area contributed by atoms with Crippen LogP contribution in [0.25, 0.3) is 0 Å². The Labute approximate surface area is 122 Å². The van der Waals surface area contributed by atoms with E-state index < -0.39 is 0 Å². The molecular formula is C19H24O. The van der Waals surface area contributed by atoms with Gasteiger partial charge in [0.05, 0.1) is 0 Å². The van der Waals surface area contributed by atoms with Crippen LogP contribution in [0.2, 0.25) is 0 Å². The van der Waals surface area contributed by atoms with Crippen molar-refractivity contribution in [2.75, 3.05) is 0 Å². The summed E-state index contributed by atoms with van der Waals surface area (Å²) in [6.45, 7) is 6.80. The number of Topliss-reactive ketones (excluding diaryl/α,β-unsaturated/α-hetero) is 1. The van der Waals surface area contributed by atoms with Crippen molar-refractivity contribution >= 4 is 5.78 Å². The highest BCUT2D eigenvalue weighted by molar-refractivity contribution is 5.96. The zero-order chi connectivity index (χ0) is 14.6. The number of hydrogen-bond acceptors (Lipinski definition) is 1. The minimum absolute atomic E-state index is 0.0895. The van der Waals surface area contributed by atoms with Crippen LogP contribution in [0.5, 0.6) is 0 Å². The fourth-order valence-corrected chi connectivity index (χ4v) is 2.89. The molecule has 0 radical (unpaired) electrons. The third kappa shape index (κ3) is 3.09. The van der Waals surface area contributed by atoms with Crippen LogP contribution in [0.1, 0.15) is 50.4 Å². The van der Waals surface area contributed by atoms with Gasteiger partial charge in [-0.1, -0.05) is 75.4 Å². The first-order valence-corrected chi connectivity index (χ1v) is 7.37. The third-order valence-corrected chi connectivity index (χ3v) is 4.53. The smallest absolute Gasteiger partial charge is 0.162 e. The lowest BCUT2D eigenvalue weighted by atomic mass is 9.61. The highest BCUT2D eigenvalue weighted by atomic mass is 16.1. The first-order chi connectivity index (χ1) is 9.45. The van der Waals surface area contributed by atoms with Gasteiger partial charge in [0.25, 0.3) is 0 Å². The molecule has 1 aromatic carbocycles. The normalized spacial score (nSPS) is 21.9. The molecule has 0 spiro atoms. The van der Waals surface area contributed by atoms with Crippen molar-refractivity contribution < 1.29 is 4.79 Å². The molecule has 1 heteroatoms. The van der Waals surface area contributed by atoms with Crippen molar-refractivity contribution in [2.45, 2.75) is 40.0 Å². The predicted molar refractivity (Wildman–Crippen MR) is 84.8 cm³/mol. The van der Waals surface area contributed by atoms with Gasteiger partial charge in [0, 0.05) is 12.0 Å². The van der Waals surface area contributed by atoms with Gasteiger partial charge in [0.2, 0.25) is 0 Å². The molecule has 20 heavy (non-hydrogen) atoms. The summed E-state index contributed by atoms with van der Waals surface area (Å²) in [5.74, 6) is 0.247. The van der Waals surface area contributed by atoms with Gasteiger partial charge in [-0.15, -0.1) is 0 Å². The molecule has 1 unspecified atom stereocenters. The largest absolute Gasteiger partial charge is 0.294 e. The van der Waals surface area contributed by atoms with E-state index in [0.29, 0.717) is 6.42 Å². The Balaban J connectivity index is 2.09. The van der Waals surface area contributed by atoms with Crippen molar-refractivity contribution in [3.8, 4) is 0 Å². The van der Waals surface area contributed by atoms with Crippen LogP contribution >= 0.6 is 0 Å². The van der Waals surface area contributed by atoms with Crippen LogP contribution in [0.3, 0.4) is 0 Å². The van der Waals surface area contributed by atoms with Crippen molar-refractivity contribution in [1.82, 2.24) is 0 Å². The zero-order valence-corrected chi connectivity index (χ0v) is 12.7. The monoisotopic (exact) mass is 268 g/mol. The molecule has 1 atom stereocenters. The predicted octanol–water partition coefficient (Wildman–Crippen LogP) is 5.20. The molecule has 0 aromatic heterocycles. The second kappa shape index (κ2) is 5.78. The van der Waals surface area contributed by atoms with Crippen molar-refractivity contribution in [3.05, 3.63) is 60.2 Å². The summed E-state index contributed by atoms with van der Waals surface area (Å²) in [7, 11) is 0. The van der Waals surface area contributed by atoms with E-state index in [-0.39, 0.29) is 16.6 Å². The van der Waals surface area contributed by atoms with Crippen LogP contribution in [-0.4, -0.2) is 5.78 Å². The molecule has 1 aliphatic carbocycles. The van der Waals surface area contributed by atoms with E-state index in [1.165, 1.54) is 0 Å². The standard InChI is InChI=1S/C19H24O/c1-18(2,3)19(13-8-5-9-14-19)15-12-17(20)16-10-6-4-7-11-16/h4-11,13H,12,14-15H2,1-3H3. The molecule has 0 amide bonds. The number of hydrogen-bond donors (Lipinski definition) is 0. The highest BCUT2D eigenvalue weighted by Crippen LogP contribution is 2.48. The highest BCUT2D eigenvalue weighted by Gasteiger charge is 2.39. The summed E-state index contributed by atoms with van der Waals surface area (Å²) in [5.41, 5.74) is 1.07. The molecule has 0 aliphatic heterocycles. The molecule has 0 bridgehead atoms. The van der Waals surface area contributed by atoms with Crippen molar-refractivity contribution in [3.63, 3.8) is 0 Å². The first-order valence-electron chi connectivity index (χ1n) is 7.37. The van der Waals surface area contributed by atoms with Crippen LogP contribution in [0, 0.1) is 10.8 Å². The van der Waals surface area contributed by atoms with Crippen molar-refractivity contribution in [2.24, 2.45) is 10.8 Å². The third-order valence-electron chi connectivity index (χ3n) is 4.53. The van der Waals surface area contributed by atoms with Crippen LogP contribution in [-0.2, 0) is 0 Å². The first kappa shape index (κ1) is 14.8. The van der Waals surface area contributed by atoms with Crippen LogP contribution < -0.4 is 0 Å². The molecule has 1 aromatic rings. The average Bonchev–Trinajstić information content (AvgIpc) is 2.45. The van der Waals surface area contributed by atoms with E-state index in [4.69, 9.17) is 0 Å². The number of ketones is 1. The molecule has 1 nitrogen and oxygen atoms in total. The van der Waals surface area contributed by atoms with Gasteiger partial charge in [0.1, 0.15) is 0 Å². The van der Waals surface area contributed by atoms with Gasteiger partial charge in [-0.3, -0.25) is 4.79 Å². The summed E-state index contributed by atoms with van der Waals surface area (Å²) in [5, 5.41) is 0. The van der Waals surface area contributed by atoms with Gasteiger partial charge in [-0.25, -0.2) is 0 Å². The Morgan fingerprint density at radius 2 is 1.85 bits per heavy atom. The van der Waals surface area contributed by atoms with E-state index in [1.54, 1.807) is 0 Å². The summed E-state index contributed by atoms with van der Waals surface area (Å²) < 4.78 is 0. The van der Waals surface area contributed by atoms with Gasteiger partial charge in [-0.2, -0.15) is 0 Å². The van der Waals surface area contributed by atoms with E-state index in [9.17, 15) is 4.79 Å². The van der Waals surface area contributed by atoms with E-state index in [2.05, 4.69) is 45.1 Å². The molecule has 0 saturated heterocycles. The lowest BCUT2D eigenvalue weighted by Gasteiger charge is -2.43. The number of benzene rings is 1. The topological polar surface area (TPSA) is 17.1 Å². The lowest BCUT2D eigenvalue weighted by molar-refractivity contribution is 0.0902. The second-order valence-electron chi connectivity index (χ2n) is 6.69. The number of carbonyl (C=O) groups excluding carboxylic acids is 1. The molecular weight excluding hydrogens is 244 g/mol. The summed E-state index contributed by atoms with van der Waals surface area (Å²) in [6, 6.07) is 9.61. The summed E-state index contributed by atoms with van der Waals surface area (Å²) in [6.07, 6.45) is 11.3. The quantitative estimate of drug-likeness (QED) is 0.686. The maximum atomic E-state index is 12.3. The Hall–Kier alpha value is -1.63. The Morgan fingerprint density at radius 3 is 2.40 bits per heavy atom. The molecule has 106 valence electrons. The molecule has 0 N–H and O–H groups in total. The molecule has 0 saturated carbocycles. The Morgan fingerprint density at radius 1 is 1.15 bits per heavy atom. The fourth-order valence-electron chi connectivity index (χ4n) is 2.89. The SMILES string of the molecule is CC(C)(C)C1(CCC(=O)c2ccccc2)C=CC=CC1. The number of carbonyl (C=O) groups is 1. The minimum atomic E-state index is 0.0895. The van der Waals surface area contributed by atoms with Crippen LogP contribution in [0.4, 0.5) is 0 Å². The summed E-state index contributed by atoms with van der Waals surface area (Å²) in [4.78, 5) is 12.3. The van der Waals surface area contributed by atoms with Crippen molar-refractivity contribution in [1.29, 1.82) is 0 Å². The van der Waals surface area contributed by atoms with Gasteiger partial charge in [-0.05, 0) is 23.7 Å². The van der Waals surface area contributed by atoms with E-state index >= 15 is 0 Å². The minimum Gasteiger partial charge on any atom is -0.294 e. The molecule has 0 heterocycles. The van der Waals surface area contributed by atoms with Gasteiger partial charge < -0.3 is 0 Å². The maximum Gasteiger partial charge on any atom is 0.162 e. The molecule has 1 aliphatic rings. The fraction of sp³-hybridized carbons (Fsp3) is 0.421. The molecule has 0 fully saturated rings. The number of allylic oxidation sites excluding steroid dienone is 4. The number of rotatable bonds is 4. The Bertz CT molecular complexity index is 516. The average molecular weight is 268 g/mol. The zero-order valence-electron chi connectivity index (χ0n) is 12.7.